The van der Waals surface area contributed by atoms with Gasteiger partial charge < -0.3 is 14.2 Å². The minimum atomic E-state index is -4.06. The maximum atomic E-state index is 13.3. The number of sulfonamides is 1. The van der Waals surface area contributed by atoms with Crippen molar-refractivity contribution in [2.45, 2.75) is 56.4 Å². The van der Waals surface area contributed by atoms with E-state index in [1.807, 2.05) is 19.9 Å². The zero-order valence-corrected chi connectivity index (χ0v) is 21.4. The van der Waals surface area contributed by atoms with Gasteiger partial charge in [-0.15, -0.1) is 0 Å². The van der Waals surface area contributed by atoms with Gasteiger partial charge >= 0.3 is 0 Å². The molecule has 0 radical (unpaired) electrons. The van der Waals surface area contributed by atoms with Gasteiger partial charge in [0.05, 0.1) is 13.7 Å². The van der Waals surface area contributed by atoms with Crippen LogP contribution in [0.15, 0.2) is 47.6 Å². The smallest absolute Gasteiger partial charge is 0.280 e. The summed E-state index contributed by atoms with van der Waals surface area (Å²) in [6.07, 6.45) is 5.66. The summed E-state index contributed by atoms with van der Waals surface area (Å²) in [5.74, 6) is 2.59. The number of methoxy groups -OCH3 is 1. The van der Waals surface area contributed by atoms with E-state index in [0.29, 0.717) is 29.8 Å². The van der Waals surface area contributed by atoms with Crippen molar-refractivity contribution in [3.63, 3.8) is 0 Å². The van der Waals surface area contributed by atoms with Gasteiger partial charge in [0.1, 0.15) is 5.82 Å². The van der Waals surface area contributed by atoms with Gasteiger partial charge in [-0.05, 0) is 61.3 Å². The monoisotopic (exact) mass is 510 g/mol. The van der Waals surface area contributed by atoms with Gasteiger partial charge in [-0.1, -0.05) is 32.0 Å². The summed E-state index contributed by atoms with van der Waals surface area (Å²) in [5.41, 5.74) is 0.947. The molecular weight excluding hydrogens is 480 g/mol. The van der Waals surface area contributed by atoms with Crippen LogP contribution in [0.5, 0.6) is 23.1 Å². The average molecular weight is 511 g/mol. The van der Waals surface area contributed by atoms with Crippen molar-refractivity contribution in [1.29, 1.82) is 0 Å². The fourth-order valence-corrected chi connectivity index (χ4v) is 4.53. The zero-order valence-electron chi connectivity index (χ0n) is 20.6. The molecule has 0 aliphatic heterocycles. The Hall–Kier alpha value is -3.40. The van der Waals surface area contributed by atoms with Gasteiger partial charge in [-0.3, -0.25) is 4.72 Å². The largest absolute Gasteiger partial charge is 0.493 e. The van der Waals surface area contributed by atoms with Crippen molar-refractivity contribution in [1.82, 2.24) is 15.0 Å². The highest BCUT2D eigenvalue weighted by Crippen LogP contribution is 2.45. The van der Waals surface area contributed by atoms with Crippen molar-refractivity contribution in [3.8, 4) is 23.1 Å². The number of hydrogen-bond acceptors (Lipinski definition) is 8. The van der Waals surface area contributed by atoms with E-state index >= 15 is 0 Å². The molecule has 5 rings (SSSR count). The van der Waals surface area contributed by atoms with Gasteiger partial charge in [0.15, 0.2) is 22.3 Å². The number of pyridine rings is 1. The molecule has 0 bridgehead atoms. The van der Waals surface area contributed by atoms with Gasteiger partial charge in [-0.2, -0.15) is 13.4 Å². The Morgan fingerprint density at radius 1 is 1.03 bits per heavy atom. The Balaban J connectivity index is 1.55. The Bertz CT molecular complexity index is 1340. The predicted molar refractivity (Wildman–Crippen MR) is 134 cm³/mol. The molecule has 2 saturated carbocycles. The van der Waals surface area contributed by atoms with Crippen LogP contribution in [0.4, 0.5) is 5.82 Å². The summed E-state index contributed by atoms with van der Waals surface area (Å²) in [5, 5.41) is -0.109. The molecule has 9 nitrogen and oxygen atoms in total. The van der Waals surface area contributed by atoms with E-state index in [0.717, 1.165) is 31.2 Å². The van der Waals surface area contributed by atoms with Crippen LogP contribution in [0.1, 0.15) is 62.8 Å². The second kappa shape index (κ2) is 9.93. The number of aromatic nitrogens is 3. The van der Waals surface area contributed by atoms with Crippen LogP contribution in [0, 0.1) is 5.92 Å². The molecule has 2 heterocycles. The van der Waals surface area contributed by atoms with Crippen molar-refractivity contribution in [2.24, 2.45) is 5.92 Å². The highest BCUT2D eigenvalue weighted by molar-refractivity contribution is 7.92. The van der Waals surface area contributed by atoms with E-state index in [1.165, 1.54) is 13.2 Å². The number of anilines is 1. The average Bonchev–Trinajstić information content (AvgIpc) is 3.78. The Labute approximate surface area is 211 Å². The second-order valence-electron chi connectivity index (χ2n) is 9.54. The molecule has 0 atom stereocenters. The fraction of sp³-hybridized carbons (Fsp3) is 0.423. The third kappa shape index (κ3) is 5.53. The highest BCUT2D eigenvalue weighted by atomic mass is 32.2. The minimum Gasteiger partial charge on any atom is -0.493 e. The number of nitrogens with one attached hydrogen (secondary N) is 1. The molecule has 1 aromatic carbocycles. The SMILES string of the molecule is COc1ccccc1Oc1c(NS(=O)(=O)c2ccc(C(C)C)cn2)nc(C2CC2)nc1OCC1CC1. The molecule has 3 aromatic rings. The zero-order chi connectivity index (χ0) is 25.3. The molecule has 0 saturated heterocycles. The van der Waals surface area contributed by atoms with Crippen LogP contribution in [0.25, 0.3) is 0 Å². The summed E-state index contributed by atoms with van der Waals surface area (Å²) >= 11 is 0. The summed E-state index contributed by atoms with van der Waals surface area (Å²) in [6.45, 7) is 4.52. The summed E-state index contributed by atoms with van der Waals surface area (Å²) in [6, 6.07) is 10.3. The van der Waals surface area contributed by atoms with E-state index in [-0.39, 0.29) is 34.3 Å². The lowest BCUT2D eigenvalue weighted by Crippen LogP contribution is -2.18. The van der Waals surface area contributed by atoms with E-state index in [4.69, 9.17) is 14.2 Å². The molecule has 36 heavy (non-hydrogen) atoms. The predicted octanol–water partition coefficient (Wildman–Crippen LogP) is 5.26. The van der Waals surface area contributed by atoms with Crippen LogP contribution in [-0.4, -0.2) is 37.1 Å². The van der Waals surface area contributed by atoms with Gasteiger partial charge in [0.2, 0.25) is 5.75 Å². The van der Waals surface area contributed by atoms with Crippen molar-refractivity contribution in [3.05, 3.63) is 54.0 Å². The maximum absolute atomic E-state index is 13.3. The molecule has 190 valence electrons. The number of nitrogens with zero attached hydrogens (tertiary/aromatic N) is 3. The van der Waals surface area contributed by atoms with Crippen LogP contribution in [0.2, 0.25) is 0 Å². The molecule has 2 aromatic heterocycles. The van der Waals surface area contributed by atoms with E-state index < -0.39 is 10.0 Å². The van der Waals surface area contributed by atoms with Crippen LogP contribution < -0.4 is 18.9 Å². The van der Waals surface area contributed by atoms with Crippen molar-refractivity contribution in [2.75, 3.05) is 18.4 Å². The maximum Gasteiger partial charge on any atom is 0.280 e. The lowest BCUT2D eigenvalue weighted by molar-refractivity contribution is 0.272. The number of rotatable bonds is 11. The van der Waals surface area contributed by atoms with Gasteiger partial charge in [0.25, 0.3) is 15.9 Å². The molecule has 2 fully saturated rings. The summed E-state index contributed by atoms with van der Waals surface area (Å²) in [7, 11) is -2.52. The first-order chi connectivity index (χ1) is 17.3. The number of hydrogen-bond donors (Lipinski definition) is 1. The molecule has 0 unspecified atom stereocenters. The molecule has 1 N–H and O–H groups in total. The normalized spacial score (nSPS) is 15.6. The number of benzene rings is 1. The lowest BCUT2D eigenvalue weighted by Gasteiger charge is -2.18. The first-order valence-electron chi connectivity index (χ1n) is 12.2. The second-order valence-corrected chi connectivity index (χ2v) is 11.2. The highest BCUT2D eigenvalue weighted by Gasteiger charge is 2.32. The van der Waals surface area contributed by atoms with Gasteiger partial charge in [0, 0.05) is 12.1 Å². The van der Waals surface area contributed by atoms with Crippen molar-refractivity contribution < 1.29 is 22.6 Å². The molecule has 2 aliphatic carbocycles. The van der Waals surface area contributed by atoms with Gasteiger partial charge in [-0.25, -0.2) is 9.97 Å². The number of para-hydroxylation sites is 2. The lowest BCUT2D eigenvalue weighted by atomic mass is 10.1. The first-order valence-corrected chi connectivity index (χ1v) is 13.7. The Kier molecular flexibility index (Phi) is 6.70. The standard InChI is InChI=1S/C26H30N4O5S/c1-16(2)19-12-13-22(27-14-19)36(31,32)30-25-23(35-21-7-5-4-6-20(21)33-3)26(34-15-17-8-9-17)29-24(28-25)18-10-11-18/h4-7,12-14,16-18H,8-11,15H2,1-3H3,(H,28,29,30). The van der Waals surface area contributed by atoms with E-state index in [9.17, 15) is 8.42 Å². The molecular formula is C26H30N4O5S. The third-order valence-electron chi connectivity index (χ3n) is 6.16. The van der Waals surface area contributed by atoms with Crippen molar-refractivity contribution >= 4 is 15.8 Å². The summed E-state index contributed by atoms with van der Waals surface area (Å²) in [4.78, 5) is 13.4. The molecule has 0 spiro atoms. The first kappa shape index (κ1) is 24.3. The molecule has 10 heteroatoms. The Morgan fingerprint density at radius 3 is 2.39 bits per heavy atom. The van der Waals surface area contributed by atoms with Crippen LogP contribution in [0.3, 0.4) is 0 Å². The minimum absolute atomic E-state index is 0.0124. The van der Waals surface area contributed by atoms with Crippen LogP contribution >= 0.6 is 0 Å². The fourth-order valence-electron chi connectivity index (χ4n) is 3.60. The van der Waals surface area contributed by atoms with Crippen LogP contribution in [-0.2, 0) is 10.0 Å². The quantitative estimate of drug-likeness (QED) is 0.372. The molecule has 0 amide bonds. The van der Waals surface area contributed by atoms with E-state index in [2.05, 4.69) is 19.7 Å². The summed E-state index contributed by atoms with van der Waals surface area (Å²) < 4.78 is 46.9. The molecule has 2 aliphatic rings. The topological polar surface area (TPSA) is 113 Å². The van der Waals surface area contributed by atoms with E-state index in [1.54, 1.807) is 30.5 Å². The third-order valence-corrected chi connectivity index (χ3v) is 7.41. The Morgan fingerprint density at radius 2 is 1.78 bits per heavy atom. The number of ether oxygens (including phenoxy) is 3.